The Bertz CT molecular complexity index is 1240. The van der Waals surface area contributed by atoms with Crippen LogP contribution in [-0.4, -0.2) is 51.0 Å². The van der Waals surface area contributed by atoms with Crippen LogP contribution in [0.25, 0.3) is 0 Å². The Morgan fingerprint density at radius 2 is 1.56 bits per heavy atom. The Labute approximate surface area is 209 Å². The van der Waals surface area contributed by atoms with Crippen molar-refractivity contribution < 1.29 is 4.92 Å². The highest BCUT2D eigenvalue weighted by molar-refractivity contribution is 5.70. The molecule has 1 N–H and O–H groups in total. The van der Waals surface area contributed by atoms with Crippen molar-refractivity contribution >= 4 is 17.3 Å². The van der Waals surface area contributed by atoms with Gasteiger partial charge in [0.25, 0.3) is 0 Å². The molecule has 0 saturated carbocycles. The lowest BCUT2D eigenvalue weighted by molar-refractivity contribution is -0.383. The highest BCUT2D eigenvalue weighted by Crippen LogP contribution is 2.34. The number of anilines is 2. The van der Waals surface area contributed by atoms with Crippen LogP contribution in [0.2, 0.25) is 0 Å². The maximum atomic E-state index is 12.1. The molecule has 0 unspecified atom stereocenters. The summed E-state index contributed by atoms with van der Waals surface area (Å²) in [5, 5.41) is 15.2. The van der Waals surface area contributed by atoms with Gasteiger partial charge in [-0.1, -0.05) is 66.7 Å². The number of aromatic nitrogens is 3. The first-order chi connectivity index (χ1) is 17.7. The second-order valence-electron chi connectivity index (χ2n) is 8.61. The van der Waals surface area contributed by atoms with Crippen molar-refractivity contribution in [3.05, 3.63) is 118 Å². The van der Waals surface area contributed by atoms with Gasteiger partial charge in [0, 0.05) is 45.1 Å². The van der Waals surface area contributed by atoms with Crippen molar-refractivity contribution in [2.24, 2.45) is 0 Å². The first kappa shape index (κ1) is 23.4. The molecule has 0 radical (unpaired) electrons. The van der Waals surface area contributed by atoms with E-state index < -0.39 is 4.92 Å². The van der Waals surface area contributed by atoms with Crippen LogP contribution in [0.4, 0.5) is 17.3 Å². The van der Waals surface area contributed by atoms with E-state index in [-0.39, 0.29) is 17.5 Å². The van der Waals surface area contributed by atoms with E-state index in [1.165, 1.54) is 17.5 Å². The number of hydrogen-bond donors (Lipinski definition) is 1. The molecule has 1 saturated heterocycles. The summed E-state index contributed by atoms with van der Waals surface area (Å²) >= 11 is 0. The molecule has 2 aromatic carbocycles. The average molecular weight is 482 g/mol. The minimum absolute atomic E-state index is 0.0995. The molecule has 5 rings (SSSR count). The van der Waals surface area contributed by atoms with E-state index in [0.29, 0.717) is 25.5 Å². The van der Waals surface area contributed by atoms with E-state index in [1.54, 1.807) is 12.4 Å². The average Bonchev–Trinajstić information content (AvgIpc) is 2.94. The fraction of sp³-hybridized carbons (Fsp3) is 0.222. The van der Waals surface area contributed by atoms with Crippen molar-refractivity contribution in [2.75, 3.05) is 36.4 Å². The molecule has 1 fully saturated rings. The van der Waals surface area contributed by atoms with Gasteiger partial charge in [0.15, 0.2) is 0 Å². The zero-order valence-electron chi connectivity index (χ0n) is 19.8. The van der Waals surface area contributed by atoms with Crippen LogP contribution < -0.4 is 10.2 Å². The highest BCUT2D eigenvalue weighted by Gasteiger charge is 2.32. The second-order valence-corrected chi connectivity index (χ2v) is 8.61. The zero-order chi connectivity index (χ0) is 24.7. The van der Waals surface area contributed by atoms with Gasteiger partial charge in [-0.05, 0) is 22.8 Å². The molecule has 3 heterocycles. The largest absolute Gasteiger partial charge is 0.360 e. The van der Waals surface area contributed by atoms with Crippen LogP contribution in [0.1, 0.15) is 22.7 Å². The van der Waals surface area contributed by atoms with Crippen LogP contribution in [0, 0.1) is 10.1 Å². The Kier molecular flexibility index (Phi) is 7.09. The number of benzene rings is 2. The quantitative estimate of drug-likeness (QED) is 0.294. The molecule has 0 bridgehead atoms. The summed E-state index contributed by atoms with van der Waals surface area (Å²) in [6.45, 7) is 3.11. The van der Waals surface area contributed by atoms with Gasteiger partial charge in [-0.2, -0.15) is 0 Å². The van der Waals surface area contributed by atoms with E-state index >= 15 is 0 Å². The molecule has 9 nitrogen and oxygen atoms in total. The summed E-state index contributed by atoms with van der Waals surface area (Å²) in [6.07, 6.45) is 4.79. The molecule has 2 aromatic heterocycles. The molecule has 1 aliphatic rings. The first-order valence-electron chi connectivity index (χ1n) is 11.9. The Morgan fingerprint density at radius 1 is 0.889 bits per heavy atom. The predicted molar refractivity (Wildman–Crippen MR) is 139 cm³/mol. The minimum atomic E-state index is -0.399. The van der Waals surface area contributed by atoms with Crippen LogP contribution in [0.5, 0.6) is 0 Å². The zero-order valence-corrected chi connectivity index (χ0v) is 19.8. The van der Waals surface area contributed by atoms with Crippen molar-refractivity contribution in [1.29, 1.82) is 0 Å². The lowest BCUT2D eigenvalue weighted by Crippen LogP contribution is -2.48. The van der Waals surface area contributed by atoms with E-state index in [4.69, 9.17) is 0 Å². The van der Waals surface area contributed by atoms with Gasteiger partial charge in [0.2, 0.25) is 11.6 Å². The van der Waals surface area contributed by atoms with Gasteiger partial charge in [-0.3, -0.25) is 20.0 Å². The van der Waals surface area contributed by atoms with Crippen LogP contribution in [-0.2, 0) is 6.54 Å². The predicted octanol–water partition coefficient (Wildman–Crippen LogP) is 4.30. The first-order valence-corrected chi connectivity index (χ1v) is 11.9. The smallest absolute Gasteiger partial charge is 0.353 e. The molecule has 0 atom stereocenters. The minimum Gasteiger partial charge on any atom is -0.360 e. The van der Waals surface area contributed by atoms with Gasteiger partial charge >= 0.3 is 5.69 Å². The number of rotatable bonds is 8. The third-order valence-corrected chi connectivity index (χ3v) is 6.38. The van der Waals surface area contributed by atoms with Gasteiger partial charge < -0.3 is 10.2 Å². The van der Waals surface area contributed by atoms with E-state index in [2.05, 4.69) is 73.7 Å². The van der Waals surface area contributed by atoms with Crippen LogP contribution >= 0.6 is 0 Å². The second kappa shape index (κ2) is 10.9. The maximum Gasteiger partial charge on any atom is 0.353 e. The summed E-state index contributed by atoms with van der Waals surface area (Å²) < 4.78 is 0. The maximum absolute atomic E-state index is 12.1. The number of hydrogen-bond acceptors (Lipinski definition) is 8. The lowest BCUT2D eigenvalue weighted by Gasteiger charge is -2.40. The molecule has 1 aliphatic heterocycles. The SMILES string of the molecule is O=[N+]([O-])c1c(NCc2cccnc2)ncnc1N1CCN(C(c2ccccc2)c2ccccc2)CC1. The molecule has 0 amide bonds. The number of nitro groups is 1. The monoisotopic (exact) mass is 481 g/mol. The third kappa shape index (κ3) is 5.16. The van der Waals surface area contributed by atoms with Crippen molar-refractivity contribution in [2.45, 2.75) is 12.6 Å². The molecule has 4 aromatic rings. The third-order valence-electron chi connectivity index (χ3n) is 6.38. The molecular weight excluding hydrogens is 454 g/mol. The summed E-state index contributed by atoms with van der Waals surface area (Å²) in [5.41, 5.74) is 3.27. The molecule has 182 valence electrons. The van der Waals surface area contributed by atoms with Crippen molar-refractivity contribution in [3.8, 4) is 0 Å². The van der Waals surface area contributed by atoms with E-state index in [1.807, 2.05) is 29.2 Å². The van der Waals surface area contributed by atoms with E-state index in [9.17, 15) is 10.1 Å². The number of nitrogens with zero attached hydrogens (tertiary/aromatic N) is 6. The van der Waals surface area contributed by atoms with Crippen LogP contribution in [0.15, 0.2) is 91.5 Å². The highest BCUT2D eigenvalue weighted by atomic mass is 16.6. The topological polar surface area (TPSA) is 100 Å². The van der Waals surface area contributed by atoms with Gasteiger partial charge in [0.1, 0.15) is 6.33 Å². The number of piperazine rings is 1. The fourth-order valence-corrected chi connectivity index (χ4v) is 4.66. The standard InChI is InChI=1S/C27H27N7O2/c35-34(36)25-26(29-19-21-8-7-13-28-18-21)30-20-31-27(25)33-16-14-32(15-17-33)24(22-9-3-1-4-10-22)23-11-5-2-6-12-23/h1-13,18,20,24H,14-17,19H2,(H,29,30,31). The molecule has 36 heavy (non-hydrogen) atoms. The van der Waals surface area contributed by atoms with Gasteiger partial charge in [-0.15, -0.1) is 0 Å². The summed E-state index contributed by atoms with van der Waals surface area (Å²) in [7, 11) is 0. The molecule has 0 spiro atoms. The molecular formula is C27H27N7O2. The Balaban J connectivity index is 1.35. The van der Waals surface area contributed by atoms with Gasteiger partial charge in [-0.25, -0.2) is 9.97 Å². The van der Waals surface area contributed by atoms with Gasteiger partial charge in [0.05, 0.1) is 11.0 Å². The van der Waals surface area contributed by atoms with Crippen molar-refractivity contribution in [3.63, 3.8) is 0 Å². The normalized spacial score (nSPS) is 14.1. The molecule has 9 heteroatoms. The number of pyridine rings is 1. The summed E-state index contributed by atoms with van der Waals surface area (Å²) in [5.74, 6) is 0.557. The Morgan fingerprint density at radius 3 is 2.14 bits per heavy atom. The van der Waals surface area contributed by atoms with Crippen molar-refractivity contribution in [1.82, 2.24) is 19.9 Å². The lowest BCUT2D eigenvalue weighted by atomic mass is 9.96. The van der Waals surface area contributed by atoms with Crippen LogP contribution in [0.3, 0.4) is 0 Å². The summed E-state index contributed by atoms with van der Waals surface area (Å²) in [6, 6.07) is 24.8. The van der Waals surface area contributed by atoms with E-state index in [0.717, 1.165) is 18.7 Å². The fourth-order valence-electron chi connectivity index (χ4n) is 4.66. The summed E-state index contributed by atoms with van der Waals surface area (Å²) in [4.78, 5) is 28.7. The Hall–Kier alpha value is -4.37. The molecule has 0 aliphatic carbocycles. The number of nitrogens with one attached hydrogen (secondary N) is 1.